The summed E-state index contributed by atoms with van der Waals surface area (Å²) in [5, 5.41) is 1.90. The fourth-order valence-corrected chi connectivity index (χ4v) is 3.93. The lowest BCUT2D eigenvalue weighted by molar-refractivity contribution is -0.145. The standard InChI is InChI=1S/C23H24F4N2O5/c1-4-34-20(31)10-16-13-8-18(33-3)17(32-2)7-12(13)5-6-29(16)11-19(30)28-23-21(26)14(24)9-15(25)22(23)27/h7-9,16H,4-6,10-11H2,1-3H3,(H,28,30). The number of benzene rings is 2. The Morgan fingerprint density at radius 1 is 1.03 bits per heavy atom. The molecule has 2 aromatic rings. The molecule has 34 heavy (non-hydrogen) atoms. The number of halogens is 4. The molecule has 1 atom stereocenters. The number of carbonyl (C=O) groups excluding carboxylic acids is 2. The first-order valence-electron chi connectivity index (χ1n) is 10.5. The minimum Gasteiger partial charge on any atom is -0.493 e. The van der Waals surface area contributed by atoms with Crippen LogP contribution in [0.5, 0.6) is 11.5 Å². The van der Waals surface area contributed by atoms with E-state index in [0.717, 1.165) is 5.56 Å². The summed E-state index contributed by atoms with van der Waals surface area (Å²) in [7, 11) is 2.95. The molecule has 0 bridgehead atoms. The van der Waals surface area contributed by atoms with Crippen LogP contribution >= 0.6 is 0 Å². The Balaban J connectivity index is 1.90. The molecule has 0 radical (unpaired) electrons. The number of hydrogen-bond donors (Lipinski definition) is 1. The topological polar surface area (TPSA) is 77.1 Å². The van der Waals surface area contributed by atoms with E-state index in [4.69, 9.17) is 14.2 Å². The highest BCUT2D eigenvalue weighted by atomic mass is 19.2. The molecule has 0 fully saturated rings. The molecule has 2 aromatic carbocycles. The Bertz CT molecular complexity index is 1070. The van der Waals surface area contributed by atoms with E-state index in [-0.39, 0.29) is 19.1 Å². The van der Waals surface area contributed by atoms with Crippen molar-refractivity contribution in [3.05, 3.63) is 52.6 Å². The van der Waals surface area contributed by atoms with Gasteiger partial charge in [-0.15, -0.1) is 0 Å². The van der Waals surface area contributed by atoms with E-state index in [1.807, 2.05) is 5.32 Å². The van der Waals surface area contributed by atoms with Crippen LogP contribution in [0.4, 0.5) is 23.2 Å². The quantitative estimate of drug-likeness (QED) is 0.350. The van der Waals surface area contributed by atoms with Crippen molar-refractivity contribution >= 4 is 17.6 Å². The zero-order valence-electron chi connectivity index (χ0n) is 18.8. The van der Waals surface area contributed by atoms with Gasteiger partial charge in [-0.3, -0.25) is 14.5 Å². The lowest BCUT2D eigenvalue weighted by atomic mass is 9.90. The average molecular weight is 484 g/mol. The van der Waals surface area contributed by atoms with Gasteiger partial charge < -0.3 is 19.5 Å². The van der Waals surface area contributed by atoms with Crippen molar-refractivity contribution in [2.24, 2.45) is 0 Å². The fourth-order valence-electron chi connectivity index (χ4n) is 3.93. The van der Waals surface area contributed by atoms with Gasteiger partial charge in [-0.05, 0) is 36.6 Å². The third-order valence-corrected chi connectivity index (χ3v) is 5.50. The van der Waals surface area contributed by atoms with Gasteiger partial charge in [0.1, 0.15) is 5.69 Å². The van der Waals surface area contributed by atoms with Crippen LogP contribution in [0.2, 0.25) is 0 Å². The molecule has 11 heteroatoms. The third-order valence-electron chi connectivity index (χ3n) is 5.50. The number of ether oxygens (including phenoxy) is 3. The van der Waals surface area contributed by atoms with E-state index in [1.54, 1.807) is 24.0 Å². The van der Waals surface area contributed by atoms with Crippen molar-refractivity contribution in [3.8, 4) is 11.5 Å². The molecule has 0 aliphatic carbocycles. The summed E-state index contributed by atoms with van der Waals surface area (Å²) in [4.78, 5) is 26.5. The number of methoxy groups -OCH3 is 2. The summed E-state index contributed by atoms with van der Waals surface area (Å²) in [6.45, 7) is 1.72. The van der Waals surface area contributed by atoms with Gasteiger partial charge in [0.05, 0.1) is 33.8 Å². The van der Waals surface area contributed by atoms with Gasteiger partial charge in [-0.25, -0.2) is 17.6 Å². The van der Waals surface area contributed by atoms with Gasteiger partial charge in [-0.2, -0.15) is 0 Å². The van der Waals surface area contributed by atoms with Crippen molar-refractivity contribution in [2.45, 2.75) is 25.8 Å². The van der Waals surface area contributed by atoms with Crippen LogP contribution in [0, 0.1) is 23.3 Å². The molecule has 0 saturated heterocycles. The predicted molar refractivity (Wildman–Crippen MR) is 114 cm³/mol. The number of nitrogens with one attached hydrogen (secondary N) is 1. The molecular formula is C23H24F4N2O5. The van der Waals surface area contributed by atoms with E-state index in [9.17, 15) is 27.2 Å². The Kier molecular flexibility index (Phi) is 7.98. The molecule has 0 aromatic heterocycles. The van der Waals surface area contributed by atoms with Crippen LogP contribution in [0.1, 0.15) is 30.5 Å². The molecule has 184 valence electrons. The number of rotatable bonds is 8. The van der Waals surface area contributed by atoms with E-state index < -0.39 is 53.4 Å². The number of amides is 1. The summed E-state index contributed by atoms with van der Waals surface area (Å²) in [6, 6.07) is 2.90. The molecule has 1 aliphatic rings. The average Bonchev–Trinajstić information content (AvgIpc) is 2.81. The molecule has 1 N–H and O–H groups in total. The van der Waals surface area contributed by atoms with E-state index in [2.05, 4.69) is 0 Å². The molecule has 0 saturated carbocycles. The third kappa shape index (κ3) is 5.24. The van der Waals surface area contributed by atoms with Crippen LogP contribution in [-0.4, -0.2) is 50.7 Å². The summed E-state index contributed by atoms with van der Waals surface area (Å²) in [6.07, 6.45) is 0.362. The molecule has 3 rings (SSSR count). The first kappa shape index (κ1) is 25.3. The van der Waals surface area contributed by atoms with Crippen molar-refractivity contribution in [1.29, 1.82) is 0 Å². The maximum Gasteiger partial charge on any atom is 0.307 e. The first-order valence-corrected chi connectivity index (χ1v) is 10.5. The first-order chi connectivity index (χ1) is 16.2. The van der Waals surface area contributed by atoms with E-state index in [1.165, 1.54) is 14.2 Å². The fraction of sp³-hybridized carbons (Fsp3) is 0.391. The van der Waals surface area contributed by atoms with E-state index in [0.29, 0.717) is 30.0 Å². The number of fused-ring (bicyclic) bond motifs is 1. The number of hydrogen-bond acceptors (Lipinski definition) is 6. The number of anilines is 1. The normalized spacial score (nSPS) is 15.4. The van der Waals surface area contributed by atoms with Gasteiger partial charge >= 0.3 is 5.97 Å². The lowest BCUT2D eigenvalue weighted by Gasteiger charge is -2.37. The Morgan fingerprint density at radius 3 is 2.24 bits per heavy atom. The highest BCUT2D eigenvalue weighted by Gasteiger charge is 2.33. The van der Waals surface area contributed by atoms with Crippen LogP contribution in [0.25, 0.3) is 0 Å². The second-order valence-electron chi connectivity index (χ2n) is 7.54. The molecule has 1 unspecified atom stereocenters. The largest absolute Gasteiger partial charge is 0.493 e. The summed E-state index contributed by atoms with van der Waals surface area (Å²) < 4.78 is 70.7. The maximum absolute atomic E-state index is 14.0. The molecule has 1 aliphatic heterocycles. The SMILES string of the molecule is CCOC(=O)CC1c2cc(OC)c(OC)cc2CCN1CC(=O)Nc1c(F)c(F)cc(F)c1F. The van der Waals surface area contributed by atoms with Crippen LogP contribution < -0.4 is 14.8 Å². The van der Waals surface area contributed by atoms with Gasteiger partial charge in [0.15, 0.2) is 34.8 Å². The van der Waals surface area contributed by atoms with Gasteiger partial charge in [0, 0.05) is 18.7 Å². The highest BCUT2D eigenvalue weighted by Crippen LogP contribution is 2.39. The van der Waals surface area contributed by atoms with Crippen molar-refractivity contribution in [1.82, 2.24) is 4.90 Å². The minimum absolute atomic E-state index is 0.0545. The summed E-state index contributed by atoms with van der Waals surface area (Å²) in [5.41, 5.74) is 0.347. The Morgan fingerprint density at radius 2 is 1.65 bits per heavy atom. The number of nitrogens with zero attached hydrogens (tertiary/aromatic N) is 1. The van der Waals surface area contributed by atoms with Crippen molar-refractivity contribution < 1.29 is 41.4 Å². The van der Waals surface area contributed by atoms with Crippen molar-refractivity contribution in [3.63, 3.8) is 0 Å². The van der Waals surface area contributed by atoms with Crippen LogP contribution in [0.3, 0.4) is 0 Å². The van der Waals surface area contributed by atoms with Crippen LogP contribution in [0.15, 0.2) is 18.2 Å². The lowest BCUT2D eigenvalue weighted by Crippen LogP contribution is -2.41. The zero-order chi connectivity index (χ0) is 25.0. The minimum atomic E-state index is -1.71. The molecule has 1 amide bonds. The Hall–Kier alpha value is -3.34. The number of esters is 1. The molecular weight excluding hydrogens is 460 g/mol. The smallest absolute Gasteiger partial charge is 0.307 e. The van der Waals surface area contributed by atoms with Gasteiger partial charge in [0.2, 0.25) is 5.91 Å². The highest BCUT2D eigenvalue weighted by molar-refractivity contribution is 5.92. The number of carbonyl (C=O) groups is 2. The van der Waals surface area contributed by atoms with Gasteiger partial charge in [-0.1, -0.05) is 0 Å². The predicted octanol–water partition coefficient (Wildman–Crippen LogP) is 3.75. The second kappa shape index (κ2) is 10.7. The van der Waals surface area contributed by atoms with Crippen molar-refractivity contribution in [2.75, 3.05) is 39.2 Å². The molecule has 0 spiro atoms. The zero-order valence-corrected chi connectivity index (χ0v) is 18.8. The van der Waals surface area contributed by atoms with E-state index >= 15 is 0 Å². The molecule has 7 nitrogen and oxygen atoms in total. The second-order valence-corrected chi connectivity index (χ2v) is 7.54. The summed E-state index contributed by atoms with van der Waals surface area (Å²) in [5.74, 6) is -7.20. The molecule has 1 heterocycles. The maximum atomic E-state index is 14.0. The monoisotopic (exact) mass is 484 g/mol. The van der Waals surface area contributed by atoms with Gasteiger partial charge in [0.25, 0.3) is 0 Å². The summed E-state index contributed by atoms with van der Waals surface area (Å²) >= 11 is 0. The Labute approximate surface area is 193 Å². The van der Waals surface area contributed by atoms with Crippen LogP contribution in [-0.2, 0) is 20.7 Å².